The minimum absolute atomic E-state index is 0.913. The highest BCUT2D eigenvalue weighted by atomic mass is 32.1. The fraction of sp³-hybridized carbons (Fsp3) is 0. The number of nitrogens with zero attached hydrogens (tertiary/aromatic N) is 2. The predicted molar refractivity (Wildman–Crippen MR) is 101 cm³/mol. The van der Waals surface area contributed by atoms with E-state index in [1.54, 1.807) is 11.3 Å². The van der Waals surface area contributed by atoms with Crippen LogP contribution in [0.15, 0.2) is 84.2 Å². The molecule has 2 heterocycles. The van der Waals surface area contributed by atoms with Crippen LogP contribution in [0.4, 0.5) is 0 Å². The molecule has 0 radical (unpaired) electrons. The van der Waals surface area contributed by atoms with E-state index in [9.17, 15) is 0 Å². The molecule has 24 heavy (non-hydrogen) atoms. The zero-order chi connectivity index (χ0) is 16.2. The lowest BCUT2D eigenvalue weighted by atomic mass is 10.1. The Morgan fingerprint density at radius 3 is 2.00 bits per heavy atom. The van der Waals surface area contributed by atoms with Crippen molar-refractivity contribution < 1.29 is 0 Å². The number of thiophene rings is 1. The average molecular weight is 329 g/mol. The summed E-state index contributed by atoms with van der Waals surface area (Å²) >= 11 is 1.71. The van der Waals surface area contributed by atoms with E-state index in [-0.39, 0.29) is 0 Å². The molecule has 0 fully saturated rings. The van der Waals surface area contributed by atoms with E-state index in [1.165, 1.54) is 15.6 Å². The molecule has 1 N–H and O–H groups in total. The molecule has 3 aromatic carbocycles. The zero-order valence-electron chi connectivity index (χ0n) is 12.9. The monoisotopic (exact) mass is 329 g/mol. The highest BCUT2D eigenvalue weighted by molar-refractivity contribution is 7.13. The van der Waals surface area contributed by atoms with Crippen LogP contribution in [0.3, 0.4) is 0 Å². The molecule has 116 valence electrons. The molecule has 0 saturated heterocycles. The largest absolute Gasteiger partial charge is 0.197 e. The maximum Gasteiger partial charge on any atom is 0.121 e. The molecule has 0 bridgehead atoms. The van der Waals surface area contributed by atoms with Gasteiger partial charge in [-0.3, -0.25) is 0 Å². The van der Waals surface area contributed by atoms with Gasteiger partial charge in [0.15, 0.2) is 0 Å². The molecular formula is C20H15N3S. The van der Waals surface area contributed by atoms with Crippen molar-refractivity contribution in [1.82, 2.24) is 15.4 Å². The number of para-hydroxylation sites is 1. The Morgan fingerprint density at radius 1 is 0.667 bits per heavy atom. The number of benzene rings is 3. The number of hydrogen-bond donors (Lipinski definition) is 1. The van der Waals surface area contributed by atoms with Gasteiger partial charge in [-0.2, -0.15) is 15.4 Å². The van der Waals surface area contributed by atoms with Crippen molar-refractivity contribution in [2.24, 2.45) is 0 Å². The summed E-state index contributed by atoms with van der Waals surface area (Å²) in [6.07, 6.45) is 0. The maximum absolute atomic E-state index is 4.15. The van der Waals surface area contributed by atoms with Crippen LogP contribution in [-0.4, -0.2) is 15.4 Å². The van der Waals surface area contributed by atoms with Gasteiger partial charge in [0.2, 0.25) is 0 Å². The van der Waals surface area contributed by atoms with Gasteiger partial charge in [-0.05, 0) is 28.3 Å². The van der Waals surface area contributed by atoms with Crippen LogP contribution in [0.2, 0.25) is 0 Å². The Morgan fingerprint density at radius 2 is 1.38 bits per heavy atom. The summed E-state index contributed by atoms with van der Waals surface area (Å²) in [6, 6.07) is 26.9. The van der Waals surface area contributed by atoms with E-state index < -0.39 is 0 Å². The lowest BCUT2D eigenvalue weighted by Crippen LogP contribution is -1.75. The molecule has 3 nitrogen and oxygen atoms in total. The van der Waals surface area contributed by atoms with E-state index in [4.69, 9.17) is 0 Å². The molecule has 0 atom stereocenters. The van der Waals surface area contributed by atoms with Crippen LogP contribution < -0.4 is 0 Å². The molecule has 0 spiro atoms. The van der Waals surface area contributed by atoms with Gasteiger partial charge in [0.1, 0.15) is 11.0 Å². The Balaban J connectivity index is 0.000000129. The first kappa shape index (κ1) is 14.6. The highest BCUT2D eigenvalue weighted by Crippen LogP contribution is 2.29. The Hall–Kier alpha value is -2.98. The predicted octanol–water partition coefficient (Wildman–Crippen LogP) is 5.53. The van der Waals surface area contributed by atoms with Crippen molar-refractivity contribution in [3.05, 3.63) is 84.2 Å². The molecule has 0 aliphatic carbocycles. The van der Waals surface area contributed by atoms with Crippen LogP contribution in [-0.2, 0) is 0 Å². The van der Waals surface area contributed by atoms with E-state index in [0.717, 1.165) is 16.6 Å². The minimum atomic E-state index is 0.913. The molecule has 5 rings (SSSR count). The quantitative estimate of drug-likeness (QED) is 0.439. The summed E-state index contributed by atoms with van der Waals surface area (Å²) in [7, 11) is 0. The van der Waals surface area contributed by atoms with Gasteiger partial charge in [0, 0.05) is 10.4 Å². The minimum Gasteiger partial charge on any atom is -0.197 e. The molecule has 0 saturated carbocycles. The maximum atomic E-state index is 4.15. The van der Waals surface area contributed by atoms with Crippen LogP contribution >= 0.6 is 11.3 Å². The summed E-state index contributed by atoms with van der Waals surface area (Å²) in [4.78, 5) is 1.23. The van der Waals surface area contributed by atoms with Crippen molar-refractivity contribution in [3.8, 4) is 10.4 Å². The molecule has 5 aromatic rings. The Labute approximate surface area is 143 Å². The molecule has 0 amide bonds. The fourth-order valence-electron chi connectivity index (χ4n) is 2.63. The Bertz CT molecular complexity index is 999. The summed E-state index contributed by atoms with van der Waals surface area (Å²) in [5.41, 5.74) is 3.00. The molecular weight excluding hydrogens is 314 g/mol. The third-order valence-corrected chi connectivity index (χ3v) is 4.70. The second kappa shape index (κ2) is 6.64. The molecule has 2 aromatic heterocycles. The average Bonchev–Trinajstić information content (AvgIpc) is 3.33. The summed E-state index contributed by atoms with van der Waals surface area (Å²) in [5, 5.41) is 15.5. The second-order valence-electron chi connectivity index (χ2n) is 5.32. The number of fused-ring (bicyclic) bond motifs is 2. The molecule has 4 heteroatoms. The highest BCUT2D eigenvalue weighted by Gasteiger charge is 2.06. The molecule has 0 unspecified atom stereocenters. The van der Waals surface area contributed by atoms with Crippen molar-refractivity contribution >= 4 is 33.1 Å². The van der Waals surface area contributed by atoms with E-state index >= 15 is 0 Å². The molecule has 0 aliphatic heterocycles. The summed E-state index contributed by atoms with van der Waals surface area (Å²) in [6.45, 7) is 0. The lowest BCUT2D eigenvalue weighted by molar-refractivity contribution is 0.959. The van der Waals surface area contributed by atoms with Crippen LogP contribution in [0.5, 0.6) is 0 Å². The number of hydrogen-bond acceptors (Lipinski definition) is 3. The second-order valence-corrected chi connectivity index (χ2v) is 6.27. The van der Waals surface area contributed by atoms with Gasteiger partial charge in [-0.1, -0.05) is 66.7 Å². The van der Waals surface area contributed by atoms with Gasteiger partial charge in [-0.15, -0.1) is 11.3 Å². The summed E-state index contributed by atoms with van der Waals surface area (Å²) < 4.78 is 0. The first-order valence-corrected chi connectivity index (χ1v) is 8.57. The first-order chi connectivity index (χ1) is 11.9. The van der Waals surface area contributed by atoms with E-state index in [0.29, 0.717) is 0 Å². The topological polar surface area (TPSA) is 41.6 Å². The zero-order valence-corrected chi connectivity index (χ0v) is 13.7. The Kier molecular flexibility index (Phi) is 4.04. The van der Waals surface area contributed by atoms with Crippen LogP contribution in [0.1, 0.15) is 0 Å². The number of nitrogens with one attached hydrogen (secondary N) is 1. The third-order valence-electron chi connectivity index (χ3n) is 3.79. The number of rotatable bonds is 1. The van der Waals surface area contributed by atoms with E-state index in [2.05, 4.69) is 81.5 Å². The van der Waals surface area contributed by atoms with Crippen molar-refractivity contribution in [3.63, 3.8) is 0 Å². The number of H-pyrrole nitrogens is 1. The van der Waals surface area contributed by atoms with Crippen molar-refractivity contribution in [2.45, 2.75) is 0 Å². The lowest BCUT2D eigenvalue weighted by Gasteiger charge is -1.96. The van der Waals surface area contributed by atoms with Gasteiger partial charge >= 0.3 is 0 Å². The van der Waals surface area contributed by atoms with E-state index in [1.807, 2.05) is 18.2 Å². The van der Waals surface area contributed by atoms with Gasteiger partial charge in [0.25, 0.3) is 0 Å². The SMILES string of the molecule is c1ccc2ccccc2c1.c1csc(-c2cccc3n[nH]nc23)c1. The van der Waals surface area contributed by atoms with Gasteiger partial charge in [0.05, 0.1) is 0 Å². The number of aromatic amines is 1. The normalized spacial score (nSPS) is 10.5. The van der Waals surface area contributed by atoms with Crippen LogP contribution in [0.25, 0.3) is 32.2 Å². The van der Waals surface area contributed by atoms with Crippen molar-refractivity contribution in [2.75, 3.05) is 0 Å². The van der Waals surface area contributed by atoms with Crippen molar-refractivity contribution in [1.29, 1.82) is 0 Å². The standard InChI is InChI=1S/C10H7N3S.C10H8/c1-3-7(9-5-2-6-14-9)10-8(4-1)11-13-12-10;1-2-6-10-8-4-3-7-9(10)5-1/h1-6H,(H,11,12,13);1-8H. The summed E-state index contributed by atoms with van der Waals surface area (Å²) in [5.74, 6) is 0. The third kappa shape index (κ3) is 2.92. The number of aromatic nitrogens is 3. The smallest absolute Gasteiger partial charge is 0.121 e. The fourth-order valence-corrected chi connectivity index (χ4v) is 3.38. The van der Waals surface area contributed by atoms with Gasteiger partial charge < -0.3 is 0 Å². The molecule has 0 aliphatic rings. The van der Waals surface area contributed by atoms with Crippen LogP contribution in [0, 0.1) is 0 Å². The van der Waals surface area contributed by atoms with Gasteiger partial charge in [-0.25, -0.2) is 0 Å². The first-order valence-electron chi connectivity index (χ1n) is 7.69.